The van der Waals surface area contributed by atoms with Gasteiger partial charge in [0, 0.05) is 24.3 Å². The van der Waals surface area contributed by atoms with Crippen LogP contribution in [0.4, 0.5) is 8.78 Å². The van der Waals surface area contributed by atoms with Crippen LogP contribution in [0.3, 0.4) is 0 Å². The summed E-state index contributed by atoms with van der Waals surface area (Å²) >= 11 is 0. The molecule has 98 valence electrons. The van der Waals surface area contributed by atoms with E-state index in [2.05, 4.69) is 10.2 Å². The van der Waals surface area contributed by atoms with E-state index in [1.807, 2.05) is 13.8 Å². The van der Waals surface area contributed by atoms with E-state index in [1.165, 1.54) is 6.07 Å². The summed E-state index contributed by atoms with van der Waals surface area (Å²) in [4.78, 5) is 10.7. The smallest absolute Gasteiger partial charge is 0.264 e. The summed E-state index contributed by atoms with van der Waals surface area (Å²) in [5.41, 5.74) is 0.207. The Morgan fingerprint density at radius 1 is 1.06 bits per heavy atom. The molecule has 6 heteroatoms. The number of aromatic nitrogens is 2. The zero-order valence-electron chi connectivity index (χ0n) is 10.1. The van der Waals surface area contributed by atoms with Crippen LogP contribution in [0.5, 0.6) is 5.75 Å². The molecule has 2 aromatic rings. The third-order valence-corrected chi connectivity index (χ3v) is 1.88. The number of nitrogens with one attached hydrogen (secondary N) is 2. The summed E-state index contributed by atoms with van der Waals surface area (Å²) < 4.78 is 30.6. The summed E-state index contributed by atoms with van der Waals surface area (Å²) in [7, 11) is 0. The van der Waals surface area contributed by atoms with Crippen molar-refractivity contribution in [3.8, 4) is 5.75 Å². The van der Waals surface area contributed by atoms with Crippen molar-refractivity contribution in [2.24, 2.45) is 0 Å². The predicted octanol–water partition coefficient (Wildman–Crippen LogP) is 2.59. The van der Waals surface area contributed by atoms with Gasteiger partial charge in [-0.3, -0.25) is 15.0 Å². The van der Waals surface area contributed by atoms with Gasteiger partial charge >= 0.3 is 0 Å². The number of benzene rings is 1. The molecule has 0 atom stereocenters. The molecule has 2 N–H and O–H groups in total. The molecule has 0 spiro atoms. The number of rotatable bonds is 3. The van der Waals surface area contributed by atoms with Crippen molar-refractivity contribution in [2.45, 2.75) is 20.5 Å². The van der Waals surface area contributed by atoms with Crippen molar-refractivity contribution >= 4 is 0 Å². The summed E-state index contributed by atoms with van der Waals surface area (Å²) in [6.07, 6.45) is 0. The first-order valence-corrected chi connectivity index (χ1v) is 5.49. The van der Waals surface area contributed by atoms with Crippen LogP contribution in [0.15, 0.2) is 29.1 Å². The lowest BCUT2D eigenvalue weighted by Crippen LogP contribution is -1.97. The molecule has 2 rings (SSSR count). The number of H-pyrrole nitrogens is 2. The number of hydrogen-bond acceptors (Lipinski definition) is 2. The summed E-state index contributed by atoms with van der Waals surface area (Å²) in [5, 5.41) is 4.87. The molecule has 0 radical (unpaired) electrons. The highest BCUT2D eigenvalue weighted by atomic mass is 19.1. The molecular formula is C12H14F2N2O2. The van der Waals surface area contributed by atoms with Crippen LogP contribution in [-0.4, -0.2) is 10.2 Å². The number of hydrogen-bond donors (Lipinski definition) is 2. The first-order valence-electron chi connectivity index (χ1n) is 5.49. The highest BCUT2D eigenvalue weighted by Gasteiger charge is 2.02. The van der Waals surface area contributed by atoms with Gasteiger partial charge in [-0.05, 0) is 0 Å². The van der Waals surface area contributed by atoms with E-state index in [1.54, 1.807) is 0 Å². The van der Waals surface area contributed by atoms with Crippen molar-refractivity contribution < 1.29 is 13.5 Å². The van der Waals surface area contributed by atoms with Crippen molar-refractivity contribution in [3.05, 3.63) is 51.9 Å². The first-order chi connectivity index (χ1) is 8.63. The quantitative estimate of drug-likeness (QED) is 0.886. The molecule has 0 fully saturated rings. The van der Waals surface area contributed by atoms with Gasteiger partial charge in [0.2, 0.25) is 0 Å². The molecule has 0 saturated carbocycles. The van der Waals surface area contributed by atoms with E-state index in [-0.39, 0.29) is 17.9 Å². The van der Waals surface area contributed by atoms with Gasteiger partial charge < -0.3 is 4.74 Å². The normalized spacial score (nSPS) is 9.56. The Labute approximate surface area is 103 Å². The Kier molecular flexibility index (Phi) is 5.10. The molecule has 1 heterocycles. The lowest BCUT2D eigenvalue weighted by atomic mass is 10.3. The van der Waals surface area contributed by atoms with E-state index < -0.39 is 11.6 Å². The SMILES string of the molecule is CC.O=c1cc(COc2cc(F)cc(F)c2)[nH][nH]1. The zero-order valence-corrected chi connectivity index (χ0v) is 10.1. The number of ether oxygens (including phenoxy) is 1. The van der Waals surface area contributed by atoms with Crippen molar-refractivity contribution in [1.29, 1.82) is 0 Å². The monoisotopic (exact) mass is 256 g/mol. The van der Waals surface area contributed by atoms with E-state index in [9.17, 15) is 13.6 Å². The van der Waals surface area contributed by atoms with Gasteiger partial charge in [-0.1, -0.05) is 13.8 Å². The highest BCUT2D eigenvalue weighted by Crippen LogP contribution is 2.16. The molecule has 18 heavy (non-hydrogen) atoms. The third kappa shape index (κ3) is 4.04. The molecule has 0 amide bonds. The molecule has 0 aliphatic heterocycles. The topological polar surface area (TPSA) is 57.9 Å². The predicted molar refractivity (Wildman–Crippen MR) is 63.5 cm³/mol. The maximum absolute atomic E-state index is 12.8. The molecule has 1 aromatic heterocycles. The van der Waals surface area contributed by atoms with E-state index in [0.29, 0.717) is 5.69 Å². The Hall–Kier alpha value is -2.11. The fourth-order valence-corrected chi connectivity index (χ4v) is 1.22. The minimum atomic E-state index is -0.711. The standard InChI is InChI=1S/C10H8F2N2O2.C2H6/c11-6-1-7(12)3-9(2-6)16-5-8-4-10(15)14-13-8;1-2/h1-4H,5H2,(H2,13,14,15);1-2H3. The Morgan fingerprint density at radius 2 is 1.67 bits per heavy atom. The largest absolute Gasteiger partial charge is 0.487 e. The number of aromatic amines is 2. The van der Waals surface area contributed by atoms with Gasteiger partial charge in [0.05, 0.1) is 5.69 Å². The summed E-state index contributed by atoms with van der Waals surface area (Å²) in [6.45, 7) is 4.03. The second-order valence-corrected chi connectivity index (χ2v) is 3.18. The van der Waals surface area contributed by atoms with Crippen LogP contribution in [-0.2, 0) is 6.61 Å². The zero-order chi connectivity index (χ0) is 13.5. The summed E-state index contributed by atoms with van der Waals surface area (Å²) in [6, 6.07) is 4.18. The van der Waals surface area contributed by atoms with Crippen LogP contribution >= 0.6 is 0 Å². The van der Waals surface area contributed by atoms with E-state index in [4.69, 9.17) is 4.74 Å². The van der Waals surface area contributed by atoms with Gasteiger partial charge in [-0.15, -0.1) is 0 Å². The third-order valence-electron chi connectivity index (χ3n) is 1.88. The molecule has 0 aliphatic carbocycles. The highest BCUT2D eigenvalue weighted by molar-refractivity contribution is 5.23. The molecule has 1 aromatic carbocycles. The average molecular weight is 256 g/mol. The minimum absolute atomic E-state index is 0.0294. The number of halogens is 2. The van der Waals surface area contributed by atoms with Crippen LogP contribution in [0.25, 0.3) is 0 Å². The maximum atomic E-state index is 12.8. The van der Waals surface area contributed by atoms with Gasteiger partial charge in [0.1, 0.15) is 24.0 Å². The second kappa shape index (κ2) is 6.58. The minimum Gasteiger partial charge on any atom is -0.487 e. The Bertz CT molecular complexity index is 529. The summed E-state index contributed by atoms with van der Waals surface area (Å²) in [5.74, 6) is -1.35. The van der Waals surface area contributed by atoms with Gasteiger partial charge in [-0.25, -0.2) is 8.78 Å². The lowest BCUT2D eigenvalue weighted by Gasteiger charge is -2.04. The maximum Gasteiger partial charge on any atom is 0.264 e. The molecule has 0 unspecified atom stereocenters. The van der Waals surface area contributed by atoms with E-state index >= 15 is 0 Å². The average Bonchev–Trinajstić information content (AvgIpc) is 2.74. The first kappa shape index (κ1) is 14.0. The van der Waals surface area contributed by atoms with Crippen molar-refractivity contribution in [3.63, 3.8) is 0 Å². The molecule has 4 nitrogen and oxygen atoms in total. The molecule has 0 saturated heterocycles. The van der Waals surface area contributed by atoms with Crippen LogP contribution in [0.2, 0.25) is 0 Å². The fraction of sp³-hybridized carbons (Fsp3) is 0.250. The Morgan fingerprint density at radius 3 is 2.17 bits per heavy atom. The van der Waals surface area contributed by atoms with Gasteiger partial charge in [-0.2, -0.15) is 0 Å². The van der Waals surface area contributed by atoms with Gasteiger partial charge in [0.15, 0.2) is 0 Å². The fourth-order valence-electron chi connectivity index (χ4n) is 1.22. The second-order valence-electron chi connectivity index (χ2n) is 3.18. The lowest BCUT2D eigenvalue weighted by molar-refractivity contribution is 0.298. The van der Waals surface area contributed by atoms with Crippen LogP contribution in [0, 0.1) is 11.6 Å². The van der Waals surface area contributed by atoms with Gasteiger partial charge in [0.25, 0.3) is 5.56 Å². The van der Waals surface area contributed by atoms with Crippen LogP contribution in [0.1, 0.15) is 19.5 Å². The molecule has 0 bridgehead atoms. The van der Waals surface area contributed by atoms with Crippen molar-refractivity contribution in [1.82, 2.24) is 10.2 Å². The molecular weight excluding hydrogens is 242 g/mol. The molecule has 0 aliphatic rings. The van der Waals surface area contributed by atoms with Crippen molar-refractivity contribution in [2.75, 3.05) is 0 Å². The van der Waals surface area contributed by atoms with E-state index in [0.717, 1.165) is 18.2 Å². The van der Waals surface area contributed by atoms with Crippen LogP contribution < -0.4 is 10.3 Å². The Balaban J connectivity index is 0.000000771.